The molecular formula is C18H20N2O4S. The molecule has 0 radical (unpaired) electrons. The molecule has 0 aliphatic carbocycles. The van der Waals surface area contributed by atoms with Gasteiger partial charge in [0.1, 0.15) is 0 Å². The van der Waals surface area contributed by atoms with Gasteiger partial charge in [-0.1, -0.05) is 12.1 Å². The molecule has 0 bridgehead atoms. The number of amides is 2. The van der Waals surface area contributed by atoms with Crippen LogP contribution in [0.4, 0.5) is 0 Å². The first kappa shape index (κ1) is 18.7. The van der Waals surface area contributed by atoms with Crippen LogP contribution in [0.5, 0.6) is 0 Å². The minimum atomic E-state index is -3.36. The highest BCUT2D eigenvalue weighted by Crippen LogP contribution is 2.16. The largest absolute Gasteiger partial charge is 0.366 e. The van der Waals surface area contributed by atoms with Crippen molar-refractivity contribution < 1.29 is 18.0 Å². The summed E-state index contributed by atoms with van der Waals surface area (Å²) < 4.78 is 24.1. The van der Waals surface area contributed by atoms with E-state index in [4.69, 9.17) is 5.73 Å². The van der Waals surface area contributed by atoms with Crippen molar-refractivity contribution in [2.45, 2.75) is 30.5 Å². The molecular weight excluding hydrogens is 340 g/mol. The SMILES string of the molecule is CC(C)S(=O)(=O)c1ccc(C(=O)NCc2cccc(C(N)=O)c2)cc1. The highest BCUT2D eigenvalue weighted by Gasteiger charge is 2.19. The molecule has 2 amide bonds. The van der Waals surface area contributed by atoms with Crippen LogP contribution >= 0.6 is 0 Å². The Bertz CT molecular complexity index is 888. The second kappa shape index (κ2) is 7.48. The maximum Gasteiger partial charge on any atom is 0.251 e. The van der Waals surface area contributed by atoms with Crippen molar-refractivity contribution in [2.75, 3.05) is 0 Å². The molecule has 0 spiro atoms. The van der Waals surface area contributed by atoms with Gasteiger partial charge in [0, 0.05) is 17.7 Å². The van der Waals surface area contributed by atoms with Crippen molar-refractivity contribution in [3.63, 3.8) is 0 Å². The van der Waals surface area contributed by atoms with E-state index in [1.807, 2.05) is 0 Å². The number of rotatable bonds is 6. The Labute approximate surface area is 147 Å². The molecule has 132 valence electrons. The van der Waals surface area contributed by atoms with Crippen LogP contribution in [0.25, 0.3) is 0 Å². The fourth-order valence-electron chi connectivity index (χ4n) is 2.19. The van der Waals surface area contributed by atoms with Gasteiger partial charge in [-0.2, -0.15) is 0 Å². The fraction of sp³-hybridized carbons (Fsp3) is 0.222. The van der Waals surface area contributed by atoms with Crippen molar-refractivity contribution in [3.05, 3.63) is 65.2 Å². The highest BCUT2D eigenvalue weighted by molar-refractivity contribution is 7.92. The monoisotopic (exact) mass is 360 g/mol. The van der Waals surface area contributed by atoms with Crippen LogP contribution in [0.1, 0.15) is 40.1 Å². The lowest BCUT2D eigenvalue weighted by Crippen LogP contribution is -2.23. The Morgan fingerprint density at radius 3 is 2.24 bits per heavy atom. The number of hydrogen-bond acceptors (Lipinski definition) is 4. The van der Waals surface area contributed by atoms with Crippen molar-refractivity contribution in [2.24, 2.45) is 5.73 Å². The Hall–Kier alpha value is -2.67. The van der Waals surface area contributed by atoms with Crippen LogP contribution in [-0.2, 0) is 16.4 Å². The first-order valence-corrected chi connectivity index (χ1v) is 9.27. The summed E-state index contributed by atoms with van der Waals surface area (Å²) in [7, 11) is -3.36. The van der Waals surface area contributed by atoms with Crippen LogP contribution in [0.15, 0.2) is 53.4 Å². The number of sulfone groups is 1. The lowest BCUT2D eigenvalue weighted by atomic mass is 10.1. The van der Waals surface area contributed by atoms with Crippen molar-refractivity contribution >= 4 is 21.7 Å². The molecule has 2 aromatic rings. The number of carbonyl (C=O) groups is 2. The second-order valence-electron chi connectivity index (χ2n) is 5.87. The van der Waals surface area contributed by atoms with E-state index < -0.39 is 21.0 Å². The average Bonchev–Trinajstić information content (AvgIpc) is 2.59. The molecule has 0 saturated carbocycles. The standard InChI is InChI=1S/C18H20N2O4S/c1-12(2)25(23,24)16-8-6-14(7-9-16)18(22)20-11-13-4-3-5-15(10-13)17(19)21/h3-10,12H,11H2,1-2H3,(H2,19,21)(H,20,22). The zero-order valence-corrected chi connectivity index (χ0v) is 14.8. The summed E-state index contributed by atoms with van der Waals surface area (Å²) in [6, 6.07) is 12.5. The first-order chi connectivity index (χ1) is 11.7. The first-order valence-electron chi connectivity index (χ1n) is 7.72. The zero-order chi connectivity index (χ0) is 18.6. The van der Waals surface area contributed by atoms with E-state index in [0.717, 1.165) is 5.56 Å². The van der Waals surface area contributed by atoms with Crippen LogP contribution < -0.4 is 11.1 Å². The quantitative estimate of drug-likeness (QED) is 0.820. The van der Waals surface area contributed by atoms with Gasteiger partial charge in [-0.05, 0) is 55.8 Å². The molecule has 3 N–H and O–H groups in total. The minimum absolute atomic E-state index is 0.188. The van der Waals surface area contributed by atoms with Crippen LogP contribution in [0.2, 0.25) is 0 Å². The average molecular weight is 360 g/mol. The smallest absolute Gasteiger partial charge is 0.251 e. The molecule has 0 saturated heterocycles. The molecule has 0 heterocycles. The molecule has 25 heavy (non-hydrogen) atoms. The van der Waals surface area contributed by atoms with Gasteiger partial charge in [0.15, 0.2) is 9.84 Å². The summed E-state index contributed by atoms with van der Waals surface area (Å²) in [4.78, 5) is 23.5. The van der Waals surface area contributed by atoms with Gasteiger partial charge in [-0.15, -0.1) is 0 Å². The predicted molar refractivity (Wildman–Crippen MR) is 94.9 cm³/mol. The summed E-state index contributed by atoms with van der Waals surface area (Å²) in [5, 5.41) is 2.20. The number of benzene rings is 2. The summed E-state index contributed by atoms with van der Waals surface area (Å²) in [5.41, 5.74) is 6.69. The Morgan fingerprint density at radius 1 is 1.04 bits per heavy atom. The number of primary amides is 1. The number of carbonyl (C=O) groups excluding carboxylic acids is 2. The van der Waals surface area contributed by atoms with Crippen molar-refractivity contribution in [3.8, 4) is 0 Å². The summed E-state index contributed by atoms with van der Waals surface area (Å²) in [6.45, 7) is 3.44. The van der Waals surface area contributed by atoms with Crippen LogP contribution in [0.3, 0.4) is 0 Å². The number of nitrogens with two attached hydrogens (primary N) is 1. The van der Waals surface area contributed by atoms with E-state index in [1.54, 1.807) is 38.1 Å². The zero-order valence-electron chi connectivity index (χ0n) is 14.0. The highest BCUT2D eigenvalue weighted by atomic mass is 32.2. The predicted octanol–water partition coefficient (Wildman–Crippen LogP) is 1.90. The third-order valence-electron chi connectivity index (χ3n) is 3.73. The topological polar surface area (TPSA) is 106 Å². The van der Waals surface area contributed by atoms with Crippen LogP contribution in [-0.4, -0.2) is 25.5 Å². The third-order valence-corrected chi connectivity index (χ3v) is 5.90. The Kier molecular flexibility index (Phi) is 5.58. The van der Waals surface area contributed by atoms with Gasteiger partial charge < -0.3 is 11.1 Å². The van der Waals surface area contributed by atoms with Gasteiger partial charge >= 0.3 is 0 Å². The normalized spacial score (nSPS) is 11.3. The maximum absolute atomic E-state index is 12.2. The molecule has 2 aromatic carbocycles. The molecule has 2 rings (SSSR count). The van der Waals surface area contributed by atoms with E-state index >= 15 is 0 Å². The van der Waals surface area contributed by atoms with Crippen molar-refractivity contribution in [1.29, 1.82) is 0 Å². The van der Waals surface area contributed by atoms with Gasteiger partial charge in [0.2, 0.25) is 5.91 Å². The molecule has 0 unspecified atom stereocenters. The lowest BCUT2D eigenvalue weighted by molar-refractivity contribution is 0.0950. The molecule has 0 aromatic heterocycles. The lowest BCUT2D eigenvalue weighted by Gasteiger charge is -2.09. The molecule has 0 fully saturated rings. The third kappa shape index (κ3) is 4.45. The fourth-order valence-corrected chi connectivity index (χ4v) is 3.25. The molecule has 0 atom stereocenters. The van der Waals surface area contributed by atoms with E-state index in [2.05, 4.69) is 5.32 Å². The summed E-state index contributed by atoms with van der Waals surface area (Å²) >= 11 is 0. The Balaban J connectivity index is 2.07. The van der Waals surface area contributed by atoms with E-state index in [0.29, 0.717) is 11.1 Å². The van der Waals surface area contributed by atoms with Gasteiger partial charge in [0.05, 0.1) is 10.1 Å². The van der Waals surface area contributed by atoms with E-state index in [-0.39, 0.29) is 17.3 Å². The minimum Gasteiger partial charge on any atom is -0.366 e. The van der Waals surface area contributed by atoms with Gasteiger partial charge in [0.25, 0.3) is 5.91 Å². The number of hydrogen-bond donors (Lipinski definition) is 2. The number of nitrogens with one attached hydrogen (secondary N) is 1. The summed E-state index contributed by atoms with van der Waals surface area (Å²) in [5.74, 6) is -0.867. The second-order valence-corrected chi connectivity index (χ2v) is 8.37. The van der Waals surface area contributed by atoms with E-state index in [9.17, 15) is 18.0 Å². The molecule has 0 aliphatic heterocycles. The molecule has 7 heteroatoms. The Morgan fingerprint density at radius 2 is 1.68 bits per heavy atom. The summed E-state index contributed by atoms with van der Waals surface area (Å²) in [6.07, 6.45) is 0. The van der Waals surface area contributed by atoms with Crippen LogP contribution in [0, 0.1) is 0 Å². The molecule has 0 aliphatic rings. The van der Waals surface area contributed by atoms with E-state index in [1.165, 1.54) is 24.3 Å². The maximum atomic E-state index is 12.2. The van der Waals surface area contributed by atoms with Crippen molar-refractivity contribution in [1.82, 2.24) is 5.32 Å². The van der Waals surface area contributed by atoms with Gasteiger partial charge in [-0.25, -0.2) is 8.42 Å². The molecule has 6 nitrogen and oxygen atoms in total. The van der Waals surface area contributed by atoms with Gasteiger partial charge in [-0.3, -0.25) is 9.59 Å².